The molecule has 4 nitrogen and oxygen atoms in total. The van der Waals surface area contributed by atoms with E-state index >= 15 is 0 Å². The quantitative estimate of drug-likeness (QED) is 0.854. The molecular weight excluding hydrogens is 282 g/mol. The van der Waals surface area contributed by atoms with Gasteiger partial charge in [-0.15, -0.1) is 11.3 Å². The number of thiazole rings is 1. The number of aromatic nitrogens is 1. The van der Waals surface area contributed by atoms with Crippen LogP contribution in [0.5, 0.6) is 5.75 Å². The molecule has 114 valence electrons. The molecule has 0 radical (unpaired) electrons. The summed E-state index contributed by atoms with van der Waals surface area (Å²) in [5.74, 6) is 0.955. The zero-order chi connectivity index (χ0) is 15.2. The fourth-order valence-electron chi connectivity index (χ4n) is 2.27. The van der Waals surface area contributed by atoms with E-state index in [2.05, 4.69) is 41.4 Å². The van der Waals surface area contributed by atoms with E-state index < -0.39 is 0 Å². The summed E-state index contributed by atoms with van der Waals surface area (Å²) in [6, 6.07) is 8.59. The second-order valence-electron chi connectivity index (χ2n) is 5.22. The molecule has 1 heterocycles. The van der Waals surface area contributed by atoms with Crippen LogP contribution in [0.3, 0.4) is 0 Å². The Labute approximate surface area is 130 Å². The highest BCUT2D eigenvalue weighted by atomic mass is 32.1. The molecule has 2 N–H and O–H groups in total. The number of methoxy groups -OCH3 is 1. The van der Waals surface area contributed by atoms with Crippen LogP contribution in [0.4, 0.5) is 0 Å². The summed E-state index contributed by atoms with van der Waals surface area (Å²) >= 11 is 1.63. The van der Waals surface area contributed by atoms with E-state index in [9.17, 15) is 0 Å². The molecule has 0 spiro atoms. The van der Waals surface area contributed by atoms with E-state index in [1.807, 2.05) is 12.1 Å². The first-order valence-corrected chi connectivity index (χ1v) is 7.97. The maximum Gasteiger partial charge on any atom is 0.122 e. The van der Waals surface area contributed by atoms with E-state index in [0.29, 0.717) is 12.6 Å². The zero-order valence-corrected chi connectivity index (χ0v) is 13.7. The summed E-state index contributed by atoms with van der Waals surface area (Å²) in [4.78, 5) is 6.83. The molecule has 0 fully saturated rings. The molecule has 1 unspecified atom stereocenters. The van der Waals surface area contributed by atoms with Crippen molar-refractivity contribution in [2.75, 3.05) is 14.2 Å². The Balaban J connectivity index is 1.97. The molecule has 21 heavy (non-hydrogen) atoms. The molecule has 0 aliphatic carbocycles. The number of nitrogens with two attached hydrogens (primary N) is 1. The van der Waals surface area contributed by atoms with E-state index in [1.165, 1.54) is 5.56 Å². The second-order valence-corrected chi connectivity index (χ2v) is 6.16. The van der Waals surface area contributed by atoms with Gasteiger partial charge in [0.25, 0.3) is 0 Å². The third-order valence-electron chi connectivity index (χ3n) is 3.65. The van der Waals surface area contributed by atoms with Crippen molar-refractivity contribution in [2.24, 2.45) is 5.73 Å². The zero-order valence-electron chi connectivity index (χ0n) is 12.9. The molecule has 1 aromatic heterocycles. The average Bonchev–Trinajstić information content (AvgIpc) is 2.95. The maximum absolute atomic E-state index is 5.61. The van der Waals surface area contributed by atoms with Crippen LogP contribution in [0.2, 0.25) is 0 Å². The minimum atomic E-state index is 0.407. The van der Waals surface area contributed by atoms with Crippen LogP contribution in [-0.4, -0.2) is 30.1 Å². The Morgan fingerprint density at radius 2 is 2.14 bits per heavy atom. The SMILES string of the molecule is COc1ccccc1CC(C)N(C)Cc1csc(CN)n1. The highest BCUT2D eigenvalue weighted by Gasteiger charge is 2.14. The van der Waals surface area contributed by atoms with Gasteiger partial charge in [0.1, 0.15) is 10.8 Å². The predicted octanol–water partition coefficient (Wildman–Crippen LogP) is 2.67. The first-order valence-electron chi connectivity index (χ1n) is 7.09. The predicted molar refractivity (Wildman–Crippen MR) is 87.6 cm³/mol. The van der Waals surface area contributed by atoms with E-state index in [0.717, 1.165) is 29.4 Å². The number of hydrogen-bond donors (Lipinski definition) is 1. The van der Waals surface area contributed by atoms with Crippen LogP contribution in [0.25, 0.3) is 0 Å². The largest absolute Gasteiger partial charge is 0.496 e. The fraction of sp³-hybridized carbons (Fsp3) is 0.438. The fourth-order valence-corrected chi connectivity index (χ4v) is 2.94. The molecule has 2 aromatic rings. The second kappa shape index (κ2) is 7.54. The summed E-state index contributed by atoms with van der Waals surface area (Å²) in [5, 5.41) is 3.09. The summed E-state index contributed by atoms with van der Waals surface area (Å²) in [6.45, 7) is 3.58. The summed E-state index contributed by atoms with van der Waals surface area (Å²) in [7, 11) is 3.85. The van der Waals surface area contributed by atoms with Crippen LogP contribution < -0.4 is 10.5 Å². The third-order valence-corrected chi connectivity index (χ3v) is 4.57. The lowest BCUT2D eigenvalue weighted by molar-refractivity contribution is 0.244. The molecule has 0 amide bonds. The average molecular weight is 305 g/mol. The van der Waals surface area contributed by atoms with Gasteiger partial charge in [0.2, 0.25) is 0 Å². The Morgan fingerprint density at radius 1 is 1.38 bits per heavy atom. The third kappa shape index (κ3) is 4.27. The first kappa shape index (κ1) is 15.9. The van der Waals surface area contributed by atoms with Crippen molar-refractivity contribution < 1.29 is 4.74 Å². The van der Waals surface area contributed by atoms with Crippen molar-refractivity contribution in [2.45, 2.75) is 32.5 Å². The van der Waals surface area contributed by atoms with Crippen molar-refractivity contribution in [3.8, 4) is 5.75 Å². The molecule has 0 aliphatic heterocycles. The van der Waals surface area contributed by atoms with Gasteiger partial charge in [-0.3, -0.25) is 4.90 Å². The van der Waals surface area contributed by atoms with Crippen molar-refractivity contribution in [3.05, 3.63) is 45.9 Å². The van der Waals surface area contributed by atoms with Crippen molar-refractivity contribution >= 4 is 11.3 Å². The maximum atomic E-state index is 5.61. The summed E-state index contributed by atoms with van der Waals surface area (Å²) in [5.41, 5.74) is 7.94. The molecular formula is C16H23N3OS. The number of benzene rings is 1. The van der Waals surface area contributed by atoms with Crippen molar-refractivity contribution in [1.29, 1.82) is 0 Å². The van der Waals surface area contributed by atoms with Crippen molar-refractivity contribution in [1.82, 2.24) is 9.88 Å². The normalized spacial score (nSPS) is 12.6. The van der Waals surface area contributed by atoms with Gasteiger partial charge in [-0.1, -0.05) is 18.2 Å². The van der Waals surface area contributed by atoms with Crippen LogP contribution >= 0.6 is 11.3 Å². The molecule has 1 atom stereocenters. The van der Waals surface area contributed by atoms with Crippen LogP contribution in [0, 0.1) is 0 Å². The standard InChI is InChI=1S/C16H23N3OS/c1-12(8-13-6-4-5-7-15(13)20-3)19(2)10-14-11-21-16(9-17)18-14/h4-7,11-12H,8-10,17H2,1-3H3. The Kier molecular flexibility index (Phi) is 5.73. The number of para-hydroxylation sites is 1. The van der Waals surface area contributed by atoms with Gasteiger partial charge in [0, 0.05) is 24.5 Å². The Bertz CT molecular complexity index is 570. The number of rotatable bonds is 7. The van der Waals surface area contributed by atoms with Crippen LogP contribution in [0.15, 0.2) is 29.6 Å². The Morgan fingerprint density at radius 3 is 2.81 bits per heavy atom. The monoisotopic (exact) mass is 305 g/mol. The Hall–Kier alpha value is -1.43. The summed E-state index contributed by atoms with van der Waals surface area (Å²) < 4.78 is 5.42. The molecule has 0 bridgehead atoms. The highest BCUT2D eigenvalue weighted by molar-refractivity contribution is 7.09. The van der Waals surface area contributed by atoms with Crippen molar-refractivity contribution in [3.63, 3.8) is 0 Å². The lowest BCUT2D eigenvalue weighted by Crippen LogP contribution is -2.30. The van der Waals surface area contributed by atoms with E-state index in [1.54, 1.807) is 18.4 Å². The van der Waals surface area contributed by atoms with Gasteiger partial charge in [0.15, 0.2) is 0 Å². The topological polar surface area (TPSA) is 51.4 Å². The van der Waals surface area contributed by atoms with E-state index in [4.69, 9.17) is 10.5 Å². The lowest BCUT2D eigenvalue weighted by Gasteiger charge is -2.24. The van der Waals surface area contributed by atoms with Gasteiger partial charge < -0.3 is 10.5 Å². The van der Waals surface area contributed by atoms with E-state index in [-0.39, 0.29) is 0 Å². The van der Waals surface area contributed by atoms with Gasteiger partial charge >= 0.3 is 0 Å². The van der Waals surface area contributed by atoms with Crippen LogP contribution in [0.1, 0.15) is 23.2 Å². The molecule has 0 saturated heterocycles. The minimum absolute atomic E-state index is 0.407. The minimum Gasteiger partial charge on any atom is -0.496 e. The van der Waals surface area contributed by atoms with Gasteiger partial charge in [-0.25, -0.2) is 4.98 Å². The first-order chi connectivity index (χ1) is 10.1. The molecule has 2 rings (SSSR count). The van der Waals surface area contributed by atoms with Crippen LogP contribution in [-0.2, 0) is 19.5 Å². The summed E-state index contributed by atoms with van der Waals surface area (Å²) in [6.07, 6.45) is 0.953. The highest BCUT2D eigenvalue weighted by Crippen LogP contribution is 2.21. The molecule has 0 saturated carbocycles. The van der Waals surface area contributed by atoms with Gasteiger partial charge in [-0.2, -0.15) is 0 Å². The molecule has 0 aliphatic rings. The number of hydrogen-bond acceptors (Lipinski definition) is 5. The van der Waals surface area contributed by atoms with Gasteiger partial charge in [-0.05, 0) is 32.0 Å². The lowest BCUT2D eigenvalue weighted by atomic mass is 10.1. The number of ether oxygens (including phenoxy) is 1. The number of nitrogens with zero attached hydrogens (tertiary/aromatic N) is 2. The smallest absolute Gasteiger partial charge is 0.122 e. The molecule has 5 heteroatoms. The van der Waals surface area contributed by atoms with Gasteiger partial charge in [0.05, 0.1) is 12.8 Å². The molecule has 1 aromatic carbocycles. The number of likely N-dealkylation sites (N-methyl/N-ethyl adjacent to an activating group) is 1.